The molecule has 43 heavy (non-hydrogen) atoms. The Kier molecular flexibility index (Phi) is 9.96. The zero-order chi connectivity index (χ0) is 31.4. The molecule has 0 bridgehead atoms. The van der Waals surface area contributed by atoms with Gasteiger partial charge in [0.2, 0.25) is 0 Å². The summed E-state index contributed by atoms with van der Waals surface area (Å²) in [6.45, 7) is 7.00. The Morgan fingerprint density at radius 2 is 1.79 bits per heavy atom. The Labute approximate surface area is 246 Å². The maximum atomic E-state index is 13.9. The lowest BCUT2D eigenvalue weighted by Crippen LogP contribution is -2.36. The SMILES string of the molecule is CCOCc1nc2c(N)nc3ccccc3c2n1CCO[P@](=O)(N[C@@H](C)C(=O)OC(C)C)Oc1ccc(C(F)(F)F)cc1. The minimum absolute atomic E-state index is 0.0964. The Balaban J connectivity index is 1.64. The smallest absolute Gasteiger partial charge is 0.459 e. The highest BCUT2D eigenvalue weighted by Crippen LogP contribution is 2.45. The molecule has 2 aromatic heterocycles. The molecule has 0 saturated carbocycles. The molecule has 4 aromatic rings. The van der Waals surface area contributed by atoms with Gasteiger partial charge in [-0.05, 0) is 58.0 Å². The molecule has 0 aliphatic carbocycles. The molecule has 0 radical (unpaired) electrons. The maximum Gasteiger partial charge on any atom is 0.459 e. The number of hydrogen-bond acceptors (Lipinski definition) is 9. The number of imidazole rings is 1. The summed E-state index contributed by atoms with van der Waals surface area (Å²) in [7, 11) is -4.36. The molecule has 2 atom stereocenters. The van der Waals surface area contributed by atoms with E-state index in [-0.39, 0.29) is 31.3 Å². The number of hydrogen-bond donors (Lipinski definition) is 2. The van der Waals surface area contributed by atoms with Crippen molar-refractivity contribution < 1.29 is 41.1 Å². The fraction of sp³-hybridized carbons (Fsp3) is 0.393. The zero-order valence-electron chi connectivity index (χ0n) is 24.1. The summed E-state index contributed by atoms with van der Waals surface area (Å²) >= 11 is 0. The number of anilines is 1. The van der Waals surface area contributed by atoms with Crippen LogP contribution < -0.4 is 15.3 Å². The molecular formula is C28H33F3N5O6P. The number of para-hydroxylation sites is 1. The highest BCUT2D eigenvalue weighted by atomic mass is 31.2. The summed E-state index contributed by atoms with van der Waals surface area (Å²) in [6, 6.07) is 9.84. The van der Waals surface area contributed by atoms with Crippen LogP contribution in [0.15, 0.2) is 48.5 Å². The molecule has 0 saturated heterocycles. The average molecular weight is 624 g/mol. The van der Waals surface area contributed by atoms with Crippen molar-refractivity contribution >= 4 is 41.5 Å². The van der Waals surface area contributed by atoms with Crippen molar-refractivity contribution in [2.45, 2.75) is 59.2 Å². The van der Waals surface area contributed by atoms with Gasteiger partial charge in [-0.3, -0.25) is 9.32 Å². The van der Waals surface area contributed by atoms with Gasteiger partial charge in [-0.15, -0.1) is 0 Å². The van der Waals surface area contributed by atoms with Crippen LogP contribution in [0.2, 0.25) is 0 Å². The molecular weight excluding hydrogens is 590 g/mol. The highest BCUT2D eigenvalue weighted by Gasteiger charge is 2.34. The largest absolute Gasteiger partial charge is 0.462 e. The lowest BCUT2D eigenvalue weighted by molar-refractivity contribution is -0.149. The number of carbonyl (C=O) groups excluding carboxylic acids is 1. The van der Waals surface area contributed by atoms with E-state index < -0.39 is 37.6 Å². The van der Waals surface area contributed by atoms with Crippen LogP contribution in [0.1, 0.15) is 39.1 Å². The summed E-state index contributed by atoms with van der Waals surface area (Å²) in [4.78, 5) is 21.5. The third-order valence-electron chi connectivity index (χ3n) is 6.17. The van der Waals surface area contributed by atoms with Crippen molar-refractivity contribution in [1.29, 1.82) is 0 Å². The number of halogens is 3. The summed E-state index contributed by atoms with van der Waals surface area (Å²) in [6.07, 6.45) is -5.01. The molecule has 2 aromatic carbocycles. The van der Waals surface area contributed by atoms with Gasteiger partial charge in [0.1, 0.15) is 29.7 Å². The van der Waals surface area contributed by atoms with Crippen molar-refractivity contribution in [3.05, 3.63) is 59.9 Å². The van der Waals surface area contributed by atoms with Gasteiger partial charge in [-0.2, -0.15) is 18.3 Å². The number of benzene rings is 2. The number of aromatic nitrogens is 3. The molecule has 0 spiro atoms. The van der Waals surface area contributed by atoms with Crippen molar-refractivity contribution in [1.82, 2.24) is 19.6 Å². The standard InChI is InChI=1S/C28H33F3N5O6P/c1-5-39-16-23-34-24-25(21-8-6-7-9-22(21)33-26(24)32)36(23)14-15-40-43(38,35-18(4)27(37)41-17(2)3)42-20-12-10-19(11-13-20)28(29,30)31/h6-13,17-18H,5,14-16H2,1-4H3,(H2,32,33)(H,35,38)/t18-,43+/m0/s1. The summed E-state index contributed by atoms with van der Waals surface area (Å²) in [5.41, 5.74) is 7.09. The minimum Gasteiger partial charge on any atom is -0.462 e. The van der Waals surface area contributed by atoms with Crippen molar-refractivity contribution in [3.8, 4) is 5.75 Å². The molecule has 15 heteroatoms. The Morgan fingerprint density at radius 1 is 1.09 bits per heavy atom. The van der Waals surface area contributed by atoms with E-state index >= 15 is 0 Å². The third-order valence-corrected chi connectivity index (χ3v) is 7.84. The van der Waals surface area contributed by atoms with Crippen molar-refractivity contribution in [3.63, 3.8) is 0 Å². The first kappa shape index (κ1) is 32.2. The first-order valence-electron chi connectivity index (χ1n) is 13.5. The highest BCUT2D eigenvalue weighted by molar-refractivity contribution is 7.52. The van der Waals surface area contributed by atoms with E-state index in [0.717, 1.165) is 29.7 Å². The first-order chi connectivity index (χ1) is 20.3. The van der Waals surface area contributed by atoms with E-state index in [0.29, 0.717) is 29.0 Å². The van der Waals surface area contributed by atoms with Crippen LogP contribution in [0, 0.1) is 0 Å². The fourth-order valence-corrected chi connectivity index (χ4v) is 5.74. The van der Waals surface area contributed by atoms with Gasteiger partial charge in [0.15, 0.2) is 5.82 Å². The van der Waals surface area contributed by atoms with Gasteiger partial charge in [-0.25, -0.2) is 14.5 Å². The van der Waals surface area contributed by atoms with Crippen LogP contribution in [0.5, 0.6) is 5.75 Å². The molecule has 0 aliphatic heterocycles. The van der Waals surface area contributed by atoms with E-state index in [1.807, 2.05) is 35.8 Å². The number of nitrogens with two attached hydrogens (primary N) is 1. The molecule has 0 fully saturated rings. The van der Waals surface area contributed by atoms with Gasteiger partial charge >= 0.3 is 19.9 Å². The number of nitrogens with one attached hydrogen (secondary N) is 1. The van der Waals surface area contributed by atoms with Crippen LogP contribution >= 0.6 is 7.75 Å². The Hall–Kier alpha value is -3.71. The summed E-state index contributed by atoms with van der Waals surface area (Å²) in [5.74, 6) is -0.140. The maximum absolute atomic E-state index is 13.9. The number of pyridine rings is 1. The normalized spacial score (nSPS) is 14.2. The number of nitrogen functional groups attached to an aromatic ring is 1. The predicted octanol–water partition coefficient (Wildman–Crippen LogP) is 5.86. The molecule has 0 amide bonds. The van der Waals surface area contributed by atoms with Crippen LogP contribution in [0.4, 0.5) is 19.0 Å². The van der Waals surface area contributed by atoms with Crippen LogP contribution in [-0.4, -0.2) is 45.9 Å². The number of rotatable bonds is 13. The number of alkyl halides is 3. The number of nitrogens with zero attached hydrogens (tertiary/aromatic N) is 3. The summed E-state index contributed by atoms with van der Waals surface area (Å²) < 4.78 is 77.0. The molecule has 0 unspecified atom stereocenters. The molecule has 2 heterocycles. The quantitative estimate of drug-likeness (QED) is 0.138. The monoisotopic (exact) mass is 623 g/mol. The molecule has 232 valence electrons. The molecule has 4 rings (SSSR count). The topological polar surface area (TPSA) is 140 Å². The van der Waals surface area contributed by atoms with Gasteiger partial charge in [-0.1, -0.05) is 18.2 Å². The van der Waals surface area contributed by atoms with Crippen LogP contribution in [-0.2, 0) is 42.7 Å². The van der Waals surface area contributed by atoms with E-state index in [9.17, 15) is 22.5 Å². The van der Waals surface area contributed by atoms with Crippen molar-refractivity contribution in [2.24, 2.45) is 0 Å². The predicted molar refractivity (Wildman–Crippen MR) is 154 cm³/mol. The van der Waals surface area contributed by atoms with Gasteiger partial charge in [0.05, 0.1) is 29.3 Å². The number of esters is 1. The van der Waals surface area contributed by atoms with Crippen LogP contribution in [0.25, 0.3) is 21.9 Å². The molecule has 11 nitrogen and oxygen atoms in total. The van der Waals surface area contributed by atoms with E-state index in [1.54, 1.807) is 13.8 Å². The van der Waals surface area contributed by atoms with E-state index in [4.69, 9.17) is 24.3 Å². The second-order valence-corrected chi connectivity index (χ2v) is 11.5. The van der Waals surface area contributed by atoms with Gasteiger partial charge in [0, 0.05) is 18.5 Å². The second-order valence-electron chi connectivity index (χ2n) is 9.81. The lowest BCUT2D eigenvalue weighted by Gasteiger charge is -2.24. The molecule has 0 aliphatic rings. The second kappa shape index (κ2) is 13.3. The Morgan fingerprint density at radius 3 is 2.44 bits per heavy atom. The molecule has 3 N–H and O–H groups in total. The fourth-order valence-electron chi connectivity index (χ4n) is 4.26. The lowest BCUT2D eigenvalue weighted by atomic mass is 10.2. The summed E-state index contributed by atoms with van der Waals surface area (Å²) in [5, 5.41) is 3.30. The Bertz CT molecular complexity index is 1630. The van der Waals surface area contributed by atoms with E-state index in [2.05, 4.69) is 15.1 Å². The first-order valence-corrected chi connectivity index (χ1v) is 15.1. The van der Waals surface area contributed by atoms with Gasteiger partial charge < -0.3 is 24.3 Å². The zero-order valence-corrected chi connectivity index (χ0v) is 24.9. The minimum atomic E-state index is -4.57. The van der Waals surface area contributed by atoms with Crippen molar-refractivity contribution in [2.75, 3.05) is 18.9 Å². The number of carbonyl (C=O) groups is 1. The van der Waals surface area contributed by atoms with Crippen LogP contribution in [0.3, 0.4) is 0 Å². The van der Waals surface area contributed by atoms with Gasteiger partial charge in [0.25, 0.3) is 0 Å². The number of fused-ring (bicyclic) bond motifs is 3. The average Bonchev–Trinajstić information content (AvgIpc) is 3.30. The third kappa shape index (κ3) is 7.82. The number of ether oxygens (including phenoxy) is 2. The van der Waals surface area contributed by atoms with E-state index in [1.165, 1.54) is 6.92 Å².